The van der Waals surface area contributed by atoms with Gasteiger partial charge >= 0.3 is 0 Å². The summed E-state index contributed by atoms with van der Waals surface area (Å²) in [6.45, 7) is 7.96. The number of nitrogens with zero attached hydrogens (tertiary/aromatic N) is 3. The molecule has 1 fully saturated rings. The molecule has 3 aromatic rings. The number of pyridine rings is 2. The fourth-order valence-corrected chi connectivity index (χ4v) is 3.17. The summed E-state index contributed by atoms with van der Waals surface area (Å²) in [5, 5.41) is 7.53. The molecule has 7 nitrogen and oxygen atoms in total. The van der Waals surface area contributed by atoms with E-state index in [-0.39, 0.29) is 0 Å². The lowest BCUT2D eigenvalue weighted by Gasteiger charge is -2.25. The van der Waals surface area contributed by atoms with Crippen LogP contribution in [0.2, 0.25) is 0 Å². The molecule has 0 saturated carbocycles. The summed E-state index contributed by atoms with van der Waals surface area (Å²) < 4.78 is 16.3. The number of ether oxygens (including phenoxy) is 2. The summed E-state index contributed by atoms with van der Waals surface area (Å²) in [6, 6.07) is 8.10. The van der Waals surface area contributed by atoms with Crippen LogP contribution in [0.5, 0.6) is 5.88 Å². The van der Waals surface area contributed by atoms with Crippen molar-refractivity contribution >= 4 is 5.70 Å². The monoisotopic (exact) mass is 392 g/mol. The van der Waals surface area contributed by atoms with Gasteiger partial charge in [0.1, 0.15) is 18.6 Å². The molecule has 0 radical (unpaired) electrons. The number of nitrogens with one attached hydrogen (secondary N) is 1. The van der Waals surface area contributed by atoms with Gasteiger partial charge in [-0.3, -0.25) is 4.98 Å². The fourth-order valence-electron chi connectivity index (χ4n) is 3.17. The van der Waals surface area contributed by atoms with E-state index in [1.165, 1.54) is 0 Å². The van der Waals surface area contributed by atoms with E-state index in [1.807, 2.05) is 31.2 Å². The lowest BCUT2D eigenvalue weighted by molar-refractivity contribution is 0.0819. The topological polar surface area (TPSA) is 82.3 Å². The number of hydrogen-bond acceptors (Lipinski definition) is 7. The summed E-state index contributed by atoms with van der Waals surface area (Å²) in [5.74, 6) is 0.529. The number of aryl methyl sites for hydroxylation is 1. The molecule has 0 atom stereocenters. The van der Waals surface area contributed by atoms with Gasteiger partial charge in [-0.15, -0.1) is 0 Å². The predicted octanol–water partition coefficient (Wildman–Crippen LogP) is 3.76. The summed E-state index contributed by atoms with van der Waals surface area (Å²) in [6.07, 6.45) is 7.11. The highest BCUT2D eigenvalue weighted by molar-refractivity contribution is 5.62. The molecule has 0 aliphatic carbocycles. The molecule has 1 saturated heterocycles. The second-order valence-corrected chi connectivity index (χ2v) is 7.06. The molecule has 150 valence electrons. The van der Waals surface area contributed by atoms with Crippen LogP contribution in [0.15, 0.2) is 54.0 Å². The SMILES string of the molecule is C=C(NC1CCOCC1)c1ccc(OCc2conc2-c2ccc(C)nc2)nc1. The summed E-state index contributed by atoms with van der Waals surface area (Å²) >= 11 is 0. The maximum Gasteiger partial charge on any atom is 0.213 e. The Hall–Kier alpha value is -3.19. The number of aromatic nitrogens is 3. The maximum absolute atomic E-state index is 5.82. The molecule has 7 heteroatoms. The third-order valence-corrected chi connectivity index (χ3v) is 4.89. The molecule has 1 aliphatic rings. The minimum Gasteiger partial charge on any atom is -0.473 e. The Morgan fingerprint density at radius 1 is 1.17 bits per heavy atom. The van der Waals surface area contributed by atoms with Gasteiger partial charge in [0.2, 0.25) is 5.88 Å². The molecule has 29 heavy (non-hydrogen) atoms. The van der Waals surface area contributed by atoms with Crippen molar-refractivity contribution in [3.63, 3.8) is 0 Å². The maximum atomic E-state index is 5.82. The van der Waals surface area contributed by atoms with Crippen molar-refractivity contribution in [1.29, 1.82) is 0 Å². The van der Waals surface area contributed by atoms with Gasteiger partial charge in [-0.1, -0.05) is 11.7 Å². The van der Waals surface area contributed by atoms with Gasteiger partial charge in [0.05, 0.1) is 5.56 Å². The van der Waals surface area contributed by atoms with Gasteiger partial charge < -0.3 is 19.3 Å². The highest BCUT2D eigenvalue weighted by Gasteiger charge is 2.15. The first-order valence-corrected chi connectivity index (χ1v) is 9.68. The molecule has 0 aromatic carbocycles. The van der Waals surface area contributed by atoms with E-state index in [1.54, 1.807) is 18.7 Å². The van der Waals surface area contributed by atoms with E-state index in [2.05, 4.69) is 27.0 Å². The Labute approximate surface area is 169 Å². The van der Waals surface area contributed by atoms with Gasteiger partial charge in [-0.05, 0) is 38.0 Å². The average Bonchev–Trinajstić information content (AvgIpc) is 3.22. The van der Waals surface area contributed by atoms with Crippen molar-refractivity contribution in [2.75, 3.05) is 13.2 Å². The van der Waals surface area contributed by atoms with E-state index in [9.17, 15) is 0 Å². The minimum atomic E-state index is 0.306. The van der Waals surface area contributed by atoms with Crippen LogP contribution in [0.3, 0.4) is 0 Å². The highest BCUT2D eigenvalue weighted by Crippen LogP contribution is 2.23. The molecule has 4 heterocycles. The molecule has 3 aromatic heterocycles. The fraction of sp³-hybridized carbons (Fsp3) is 0.318. The molecule has 0 bridgehead atoms. The van der Waals surface area contributed by atoms with Crippen molar-refractivity contribution < 1.29 is 14.0 Å². The number of rotatable bonds is 7. The van der Waals surface area contributed by atoms with Crippen LogP contribution in [0.25, 0.3) is 17.0 Å². The van der Waals surface area contributed by atoms with E-state index >= 15 is 0 Å². The second kappa shape index (κ2) is 8.87. The second-order valence-electron chi connectivity index (χ2n) is 7.06. The Morgan fingerprint density at radius 2 is 2.03 bits per heavy atom. The standard InChI is InChI=1S/C22H24N4O3/c1-15-3-4-18(12-23-15)22-19(14-29-26-22)13-28-21-6-5-17(11-24-21)16(2)25-20-7-9-27-10-8-20/h3-6,11-12,14,20,25H,2,7-10,13H2,1H3. The minimum absolute atomic E-state index is 0.306. The molecule has 1 N–H and O–H groups in total. The zero-order valence-electron chi connectivity index (χ0n) is 16.4. The Balaban J connectivity index is 1.36. The highest BCUT2D eigenvalue weighted by atomic mass is 16.5. The predicted molar refractivity (Wildman–Crippen MR) is 109 cm³/mol. The third kappa shape index (κ3) is 4.81. The largest absolute Gasteiger partial charge is 0.473 e. The van der Waals surface area contributed by atoms with Crippen molar-refractivity contribution in [2.24, 2.45) is 0 Å². The molecule has 0 unspecified atom stereocenters. The van der Waals surface area contributed by atoms with Crippen LogP contribution in [0.1, 0.15) is 29.7 Å². The summed E-state index contributed by atoms with van der Waals surface area (Å²) in [5.41, 5.74) is 5.22. The van der Waals surface area contributed by atoms with Gasteiger partial charge in [0, 0.05) is 60.2 Å². The third-order valence-electron chi connectivity index (χ3n) is 4.89. The van der Waals surface area contributed by atoms with Crippen molar-refractivity contribution in [3.05, 3.63) is 66.3 Å². The summed E-state index contributed by atoms with van der Waals surface area (Å²) in [4.78, 5) is 8.70. The molecule has 0 amide bonds. The van der Waals surface area contributed by atoms with Crippen LogP contribution in [0, 0.1) is 6.92 Å². The molecule has 4 rings (SSSR count). The smallest absolute Gasteiger partial charge is 0.213 e. The first-order chi connectivity index (χ1) is 14.2. The molecule has 1 aliphatic heterocycles. The normalized spacial score (nSPS) is 14.5. The quantitative estimate of drug-likeness (QED) is 0.655. The van der Waals surface area contributed by atoms with Gasteiger partial charge in [0.15, 0.2) is 0 Å². The van der Waals surface area contributed by atoms with Crippen LogP contribution < -0.4 is 10.1 Å². The van der Waals surface area contributed by atoms with Crippen LogP contribution in [-0.2, 0) is 11.3 Å². The first-order valence-electron chi connectivity index (χ1n) is 9.68. The average molecular weight is 392 g/mol. The van der Waals surface area contributed by atoms with Gasteiger partial charge in [-0.2, -0.15) is 0 Å². The van der Waals surface area contributed by atoms with Gasteiger partial charge in [-0.25, -0.2) is 4.98 Å². The Morgan fingerprint density at radius 3 is 2.76 bits per heavy atom. The molecule has 0 spiro atoms. The molecular formula is C22H24N4O3. The first kappa shape index (κ1) is 19.1. The van der Waals surface area contributed by atoms with Crippen molar-refractivity contribution in [1.82, 2.24) is 20.4 Å². The van der Waals surface area contributed by atoms with Gasteiger partial charge in [0.25, 0.3) is 0 Å². The molecular weight excluding hydrogens is 368 g/mol. The lowest BCUT2D eigenvalue weighted by Crippen LogP contribution is -2.33. The van der Waals surface area contributed by atoms with E-state index in [0.29, 0.717) is 18.5 Å². The number of hydrogen-bond donors (Lipinski definition) is 1. The van der Waals surface area contributed by atoms with Crippen LogP contribution in [0.4, 0.5) is 0 Å². The van der Waals surface area contributed by atoms with E-state index in [0.717, 1.165) is 59.8 Å². The van der Waals surface area contributed by atoms with Crippen LogP contribution in [-0.4, -0.2) is 34.4 Å². The zero-order valence-corrected chi connectivity index (χ0v) is 16.4. The Kier molecular flexibility index (Phi) is 5.86. The lowest BCUT2D eigenvalue weighted by atomic mass is 10.1. The zero-order chi connectivity index (χ0) is 20.1. The van der Waals surface area contributed by atoms with Crippen LogP contribution >= 0.6 is 0 Å². The van der Waals surface area contributed by atoms with Crippen molar-refractivity contribution in [2.45, 2.75) is 32.4 Å². The van der Waals surface area contributed by atoms with E-state index in [4.69, 9.17) is 14.0 Å². The van der Waals surface area contributed by atoms with Crippen molar-refractivity contribution in [3.8, 4) is 17.1 Å². The Bertz CT molecular complexity index is 945. The summed E-state index contributed by atoms with van der Waals surface area (Å²) in [7, 11) is 0. The van der Waals surface area contributed by atoms with E-state index < -0.39 is 0 Å².